The van der Waals surface area contributed by atoms with Crippen LogP contribution in [0, 0.1) is 6.92 Å². The third kappa shape index (κ3) is 5.06. The van der Waals surface area contributed by atoms with Crippen LogP contribution >= 0.6 is 0 Å². The number of nitrogens with zero attached hydrogens (tertiary/aromatic N) is 3. The fourth-order valence-corrected chi connectivity index (χ4v) is 2.61. The quantitative estimate of drug-likeness (QED) is 0.728. The number of benzene rings is 1. The monoisotopic (exact) mass is 357 g/mol. The number of carbonyl (C=O) groups excluding carboxylic acids is 1. The molecule has 1 aliphatic heterocycles. The number of hydrogen-bond donors (Lipinski definition) is 2. The summed E-state index contributed by atoms with van der Waals surface area (Å²) in [6.07, 6.45) is 5.60. The van der Waals surface area contributed by atoms with E-state index in [1.165, 1.54) is 4.68 Å². The van der Waals surface area contributed by atoms with Crippen LogP contribution in [-0.2, 0) is 9.53 Å². The van der Waals surface area contributed by atoms with Gasteiger partial charge in [0.25, 0.3) is 5.91 Å². The van der Waals surface area contributed by atoms with Gasteiger partial charge in [-0.3, -0.25) is 4.79 Å². The highest BCUT2D eigenvalue weighted by atomic mass is 16.5. The number of nitrogens with one attached hydrogen (secondary N) is 1. The van der Waals surface area contributed by atoms with Crippen LogP contribution in [-0.4, -0.2) is 47.6 Å². The average molecular weight is 357 g/mol. The van der Waals surface area contributed by atoms with Gasteiger partial charge in [0.2, 0.25) is 5.95 Å². The molecule has 0 spiro atoms. The number of amides is 1. The van der Waals surface area contributed by atoms with Crippen molar-refractivity contribution in [3.05, 3.63) is 41.7 Å². The maximum absolute atomic E-state index is 11.8. The molecule has 0 bridgehead atoms. The van der Waals surface area contributed by atoms with Crippen LogP contribution in [0.2, 0.25) is 0 Å². The molecular formula is C18H23N5O3. The van der Waals surface area contributed by atoms with Gasteiger partial charge < -0.3 is 20.5 Å². The van der Waals surface area contributed by atoms with Crippen molar-refractivity contribution < 1.29 is 14.3 Å². The summed E-state index contributed by atoms with van der Waals surface area (Å²) in [6.45, 7) is 3.14. The highest BCUT2D eigenvalue weighted by Gasteiger charge is 2.16. The molecule has 3 rings (SSSR count). The Bertz CT molecular complexity index is 764. The second-order valence-electron chi connectivity index (χ2n) is 6.13. The second-order valence-corrected chi connectivity index (χ2v) is 6.13. The van der Waals surface area contributed by atoms with Crippen LogP contribution in [0.5, 0.6) is 5.75 Å². The molecule has 1 atom stereocenters. The van der Waals surface area contributed by atoms with Crippen molar-refractivity contribution in [2.45, 2.75) is 25.9 Å². The Morgan fingerprint density at radius 2 is 2.31 bits per heavy atom. The number of aromatic nitrogens is 2. The maximum Gasteiger partial charge on any atom is 0.258 e. The summed E-state index contributed by atoms with van der Waals surface area (Å²) in [7, 11) is 0. The van der Waals surface area contributed by atoms with Crippen molar-refractivity contribution in [2.75, 3.05) is 25.5 Å². The number of carbonyl (C=O) groups is 1. The topological polar surface area (TPSA) is 104 Å². The summed E-state index contributed by atoms with van der Waals surface area (Å²) >= 11 is 0. The molecule has 2 heterocycles. The third-order valence-electron chi connectivity index (χ3n) is 3.97. The third-order valence-corrected chi connectivity index (χ3v) is 3.97. The molecule has 2 aromatic rings. The molecular weight excluding hydrogens is 334 g/mol. The molecule has 8 nitrogen and oxygen atoms in total. The van der Waals surface area contributed by atoms with Crippen LogP contribution in [0.15, 0.2) is 35.6 Å². The van der Waals surface area contributed by atoms with Gasteiger partial charge in [-0.1, -0.05) is 0 Å². The normalized spacial score (nSPS) is 16.9. The molecule has 0 radical (unpaired) electrons. The first kappa shape index (κ1) is 17.9. The Morgan fingerprint density at radius 1 is 1.50 bits per heavy atom. The van der Waals surface area contributed by atoms with Gasteiger partial charge in [0.15, 0.2) is 6.61 Å². The largest absolute Gasteiger partial charge is 0.484 e. The zero-order valence-corrected chi connectivity index (χ0v) is 14.7. The predicted octanol–water partition coefficient (Wildman–Crippen LogP) is 1.33. The number of rotatable bonds is 7. The van der Waals surface area contributed by atoms with Gasteiger partial charge in [-0.15, -0.1) is 0 Å². The molecule has 1 aliphatic rings. The average Bonchev–Trinajstić information content (AvgIpc) is 3.26. The molecule has 1 fully saturated rings. The molecule has 1 aromatic carbocycles. The highest BCUT2D eigenvalue weighted by Crippen LogP contribution is 2.12. The van der Waals surface area contributed by atoms with Gasteiger partial charge >= 0.3 is 0 Å². The number of anilines is 1. The Labute approximate surface area is 152 Å². The minimum atomic E-state index is -0.155. The van der Waals surface area contributed by atoms with Crippen molar-refractivity contribution >= 4 is 18.1 Å². The molecule has 0 saturated carbocycles. The van der Waals surface area contributed by atoms with Crippen molar-refractivity contribution in [1.29, 1.82) is 0 Å². The van der Waals surface area contributed by atoms with E-state index in [-0.39, 0.29) is 18.6 Å². The molecule has 3 N–H and O–H groups in total. The van der Waals surface area contributed by atoms with Crippen LogP contribution < -0.4 is 15.8 Å². The number of ether oxygens (including phenoxy) is 2. The summed E-state index contributed by atoms with van der Waals surface area (Å²) < 4.78 is 12.5. The van der Waals surface area contributed by atoms with E-state index < -0.39 is 0 Å². The number of nitrogen functional groups attached to an aromatic ring is 1. The van der Waals surface area contributed by atoms with Crippen molar-refractivity contribution in [3.8, 4) is 5.75 Å². The Balaban J connectivity index is 1.45. The van der Waals surface area contributed by atoms with Crippen molar-refractivity contribution in [3.63, 3.8) is 0 Å². The zero-order valence-electron chi connectivity index (χ0n) is 14.7. The van der Waals surface area contributed by atoms with E-state index in [2.05, 4.69) is 15.4 Å². The molecule has 138 valence electrons. The Morgan fingerprint density at radius 3 is 2.96 bits per heavy atom. The SMILES string of the molecule is Cc1cn(N=Cc2ccc(OCC(=O)NCC3CCCO3)cc2)c(N)n1. The van der Waals surface area contributed by atoms with Gasteiger partial charge in [-0.2, -0.15) is 5.10 Å². The lowest BCUT2D eigenvalue weighted by molar-refractivity contribution is -0.123. The van der Waals surface area contributed by atoms with Gasteiger partial charge in [0, 0.05) is 13.2 Å². The van der Waals surface area contributed by atoms with E-state index in [1.807, 2.05) is 19.1 Å². The molecule has 1 aromatic heterocycles. The van der Waals surface area contributed by atoms with Crippen LogP contribution in [0.3, 0.4) is 0 Å². The van der Waals surface area contributed by atoms with Crippen molar-refractivity contribution in [2.24, 2.45) is 5.10 Å². The minimum Gasteiger partial charge on any atom is -0.484 e. The summed E-state index contributed by atoms with van der Waals surface area (Å²) in [5.41, 5.74) is 7.42. The number of nitrogens with two attached hydrogens (primary N) is 1. The molecule has 1 saturated heterocycles. The Kier molecular flexibility index (Phi) is 5.85. The lowest BCUT2D eigenvalue weighted by atomic mass is 10.2. The second kappa shape index (κ2) is 8.48. The fourth-order valence-electron chi connectivity index (χ4n) is 2.61. The lowest BCUT2D eigenvalue weighted by Gasteiger charge is -2.11. The van der Waals surface area contributed by atoms with E-state index in [4.69, 9.17) is 15.2 Å². The molecule has 0 aliphatic carbocycles. The van der Waals surface area contributed by atoms with Gasteiger partial charge in [0.1, 0.15) is 5.75 Å². The van der Waals surface area contributed by atoms with Crippen LogP contribution in [0.1, 0.15) is 24.1 Å². The zero-order chi connectivity index (χ0) is 18.4. The van der Waals surface area contributed by atoms with E-state index in [1.54, 1.807) is 24.5 Å². The highest BCUT2D eigenvalue weighted by molar-refractivity contribution is 5.80. The first-order chi connectivity index (χ1) is 12.6. The Hall–Kier alpha value is -2.87. The van der Waals surface area contributed by atoms with Crippen molar-refractivity contribution in [1.82, 2.24) is 15.0 Å². The predicted molar refractivity (Wildman–Crippen MR) is 98.3 cm³/mol. The molecule has 8 heteroatoms. The van der Waals surface area contributed by atoms with Gasteiger partial charge in [0.05, 0.1) is 24.2 Å². The van der Waals surface area contributed by atoms with Crippen LogP contribution in [0.25, 0.3) is 0 Å². The smallest absolute Gasteiger partial charge is 0.258 e. The molecule has 1 amide bonds. The first-order valence-corrected chi connectivity index (χ1v) is 8.57. The van der Waals surface area contributed by atoms with Gasteiger partial charge in [-0.25, -0.2) is 9.66 Å². The van der Waals surface area contributed by atoms with E-state index in [0.717, 1.165) is 30.7 Å². The van der Waals surface area contributed by atoms with E-state index in [9.17, 15) is 4.79 Å². The summed E-state index contributed by atoms with van der Waals surface area (Å²) in [4.78, 5) is 15.9. The maximum atomic E-state index is 11.8. The summed E-state index contributed by atoms with van der Waals surface area (Å²) in [5.74, 6) is 0.803. The fraction of sp³-hybridized carbons (Fsp3) is 0.389. The molecule has 26 heavy (non-hydrogen) atoms. The number of aryl methyl sites for hydroxylation is 1. The minimum absolute atomic E-state index is 0.0228. The number of imidazole rings is 1. The summed E-state index contributed by atoms with van der Waals surface area (Å²) in [5, 5.41) is 7.07. The standard InChI is InChI=1S/C18H23N5O3/c1-13-11-23(18(19)22-13)21-9-14-4-6-15(7-5-14)26-12-17(24)20-10-16-3-2-8-25-16/h4-7,9,11,16H,2-3,8,10,12H2,1H3,(H2,19,22)(H,20,24). The van der Waals surface area contributed by atoms with Gasteiger partial charge in [-0.05, 0) is 49.6 Å². The number of hydrogen-bond acceptors (Lipinski definition) is 6. The summed E-state index contributed by atoms with van der Waals surface area (Å²) in [6, 6.07) is 7.28. The molecule has 1 unspecified atom stereocenters. The van der Waals surface area contributed by atoms with E-state index >= 15 is 0 Å². The lowest BCUT2D eigenvalue weighted by Crippen LogP contribution is -2.35. The first-order valence-electron chi connectivity index (χ1n) is 8.57. The van der Waals surface area contributed by atoms with Crippen LogP contribution in [0.4, 0.5) is 5.95 Å². The van der Waals surface area contributed by atoms with E-state index in [0.29, 0.717) is 18.2 Å².